The van der Waals surface area contributed by atoms with Crippen LogP contribution in [0.25, 0.3) is 0 Å². The van der Waals surface area contributed by atoms with Gasteiger partial charge in [0.2, 0.25) is 0 Å². The zero-order chi connectivity index (χ0) is 13.9. The molecule has 2 atom stereocenters. The lowest BCUT2D eigenvalue weighted by molar-refractivity contribution is 0.0495. The normalized spacial score (nSPS) is 25.2. The van der Waals surface area contributed by atoms with Gasteiger partial charge in [-0.15, -0.1) is 0 Å². The molecule has 0 amide bonds. The van der Waals surface area contributed by atoms with Gasteiger partial charge in [0.05, 0.1) is 0 Å². The van der Waals surface area contributed by atoms with Crippen LogP contribution in [0.4, 0.5) is 0 Å². The average molecular weight is 261 g/mol. The molecule has 1 N–H and O–H groups in total. The van der Waals surface area contributed by atoms with Crippen molar-refractivity contribution >= 4 is 0 Å². The second-order valence-corrected chi connectivity index (χ2v) is 5.85. The zero-order valence-corrected chi connectivity index (χ0v) is 12.7. The van der Waals surface area contributed by atoms with Crippen molar-refractivity contribution in [1.82, 2.24) is 15.2 Å². The van der Waals surface area contributed by atoms with Gasteiger partial charge in [-0.3, -0.25) is 9.88 Å². The summed E-state index contributed by atoms with van der Waals surface area (Å²) in [6.07, 6.45) is 6.22. The van der Waals surface area contributed by atoms with Crippen LogP contribution in [0.1, 0.15) is 52.1 Å². The van der Waals surface area contributed by atoms with Gasteiger partial charge < -0.3 is 5.32 Å². The maximum absolute atomic E-state index is 4.26. The first-order chi connectivity index (χ1) is 9.12. The highest BCUT2D eigenvalue weighted by Gasteiger charge is 2.37. The van der Waals surface area contributed by atoms with Gasteiger partial charge in [0.25, 0.3) is 0 Å². The van der Waals surface area contributed by atoms with Gasteiger partial charge in [0, 0.05) is 43.1 Å². The summed E-state index contributed by atoms with van der Waals surface area (Å²) in [7, 11) is 0. The molecule has 0 radical (unpaired) electrons. The monoisotopic (exact) mass is 261 g/mol. The molecular weight excluding hydrogens is 234 g/mol. The summed E-state index contributed by atoms with van der Waals surface area (Å²) in [4.78, 5) is 6.89. The van der Waals surface area contributed by atoms with E-state index in [1.54, 1.807) is 0 Å². The molecule has 0 aromatic carbocycles. The molecule has 0 saturated carbocycles. The Morgan fingerprint density at radius 1 is 1.47 bits per heavy atom. The third-order valence-electron chi connectivity index (χ3n) is 4.84. The largest absolute Gasteiger partial charge is 0.308 e. The number of rotatable bonds is 4. The lowest BCUT2D eigenvalue weighted by Gasteiger charge is -2.49. The van der Waals surface area contributed by atoms with Crippen LogP contribution in [0, 0.1) is 0 Å². The molecule has 1 fully saturated rings. The molecule has 2 unspecified atom stereocenters. The van der Waals surface area contributed by atoms with Gasteiger partial charge in [0.15, 0.2) is 0 Å². The molecule has 0 spiro atoms. The standard InChI is InChI=1S/C16H27N3/c1-5-16(6-2)12-19(13(3)10-18-16)14(4)15-8-7-9-17-11-15/h7-9,11,13-14,18H,5-6,10,12H2,1-4H3. The molecule has 3 nitrogen and oxygen atoms in total. The van der Waals surface area contributed by atoms with Gasteiger partial charge in [0.1, 0.15) is 0 Å². The average Bonchev–Trinajstić information content (AvgIpc) is 2.48. The summed E-state index contributed by atoms with van der Waals surface area (Å²) in [5.41, 5.74) is 1.60. The van der Waals surface area contributed by atoms with E-state index in [0.29, 0.717) is 12.1 Å². The summed E-state index contributed by atoms with van der Waals surface area (Å²) in [5, 5.41) is 3.76. The quantitative estimate of drug-likeness (QED) is 0.903. The van der Waals surface area contributed by atoms with Crippen LogP contribution in [0.5, 0.6) is 0 Å². The van der Waals surface area contributed by atoms with Crippen molar-refractivity contribution in [2.75, 3.05) is 13.1 Å². The summed E-state index contributed by atoms with van der Waals surface area (Å²) in [5.74, 6) is 0. The Morgan fingerprint density at radius 3 is 2.79 bits per heavy atom. The van der Waals surface area contributed by atoms with Crippen LogP contribution < -0.4 is 5.32 Å². The third-order valence-corrected chi connectivity index (χ3v) is 4.84. The van der Waals surface area contributed by atoms with Crippen LogP contribution in [0.2, 0.25) is 0 Å². The first kappa shape index (κ1) is 14.5. The van der Waals surface area contributed by atoms with Gasteiger partial charge in [-0.1, -0.05) is 19.9 Å². The lowest BCUT2D eigenvalue weighted by Crippen LogP contribution is -2.63. The van der Waals surface area contributed by atoms with E-state index in [4.69, 9.17) is 0 Å². The molecule has 106 valence electrons. The number of nitrogens with zero attached hydrogens (tertiary/aromatic N) is 2. The second kappa shape index (κ2) is 6.02. The highest BCUT2D eigenvalue weighted by Crippen LogP contribution is 2.29. The summed E-state index contributed by atoms with van der Waals surface area (Å²) >= 11 is 0. The minimum Gasteiger partial charge on any atom is -0.308 e. The molecule has 0 bridgehead atoms. The number of pyridine rings is 1. The fraction of sp³-hybridized carbons (Fsp3) is 0.688. The number of aromatic nitrogens is 1. The molecular formula is C16H27N3. The predicted octanol–water partition coefficient (Wildman–Crippen LogP) is 3.00. The molecule has 1 saturated heterocycles. The Kier molecular flexibility index (Phi) is 4.58. The minimum absolute atomic E-state index is 0.281. The summed E-state index contributed by atoms with van der Waals surface area (Å²) in [6.45, 7) is 11.4. The first-order valence-electron chi connectivity index (χ1n) is 7.52. The number of hydrogen-bond acceptors (Lipinski definition) is 3. The van der Waals surface area contributed by atoms with E-state index in [1.807, 2.05) is 18.5 Å². The molecule has 1 aromatic rings. The molecule has 2 rings (SSSR count). The number of nitrogens with one attached hydrogen (secondary N) is 1. The van der Waals surface area contributed by atoms with E-state index in [-0.39, 0.29) is 5.54 Å². The van der Waals surface area contributed by atoms with E-state index in [9.17, 15) is 0 Å². The summed E-state index contributed by atoms with van der Waals surface area (Å²) < 4.78 is 0. The van der Waals surface area contributed by atoms with Crippen molar-refractivity contribution in [3.63, 3.8) is 0 Å². The molecule has 1 aliphatic rings. The van der Waals surface area contributed by atoms with Crippen molar-refractivity contribution in [2.24, 2.45) is 0 Å². The Hall–Kier alpha value is -0.930. The number of piperazine rings is 1. The molecule has 1 aliphatic heterocycles. The minimum atomic E-state index is 0.281. The van der Waals surface area contributed by atoms with E-state index in [2.05, 4.69) is 49.0 Å². The molecule has 2 heterocycles. The lowest BCUT2D eigenvalue weighted by atomic mass is 9.87. The van der Waals surface area contributed by atoms with E-state index >= 15 is 0 Å². The van der Waals surface area contributed by atoms with Crippen LogP contribution >= 0.6 is 0 Å². The van der Waals surface area contributed by atoms with Crippen molar-refractivity contribution < 1.29 is 0 Å². The van der Waals surface area contributed by atoms with Gasteiger partial charge in [-0.25, -0.2) is 0 Å². The third kappa shape index (κ3) is 2.98. The number of hydrogen-bond donors (Lipinski definition) is 1. The maximum Gasteiger partial charge on any atom is 0.0339 e. The van der Waals surface area contributed by atoms with Crippen LogP contribution in [0.3, 0.4) is 0 Å². The Bertz CT molecular complexity index is 386. The van der Waals surface area contributed by atoms with E-state index < -0.39 is 0 Å². The summed E-state index contributed by atoms with van der Waals surface area (Å²) in [6, 6.07) is 5.22. The van der Waals surface area contributed by atoms with Crippen LogP contribution in [-0.4, -0.2) is 34.6 Å². The highest BCUT2D eigenvalue weighted by molar-refractivity contribution is 5.14. The maximum atomic E-state index is 4.26. The van der Waals surface area contributed by atoms with Crippen molar-refractivity contribution in [1.29, 1.82) is 0 Å². The first-order valence-corrected chi connectivity index (χ1v) is 7.52. The predicted molar refractivity (Wildman–Crippen MR) is 80.1 cm³/mol. The Labute approximate surface area is 117 Å². The van der Waals surface area contributed by atoms with Crippen molar-refractivity contribution in [2.45, 2.75) is 58.2 Å². The Balaban J connectivity index is 2.17. The zero-order valence-electron chi connectivity index (χ0n) is 12.7. The highest BCUT2D eigenvalue weighted by atomic mass is 15.3. The fourth-order valence-corrected chi connectivity index (χ4v) is 3.10. The Morgan fingerprint density at radius 2 is 2.21 bits per heavy atom. The fourth-order valence-electron chi connectivity index (χ4n) is 3.10. The second-order valence-electron chi connectivity index (χ2n) is 5.85. The van der Waals surface area contributed by atoms with Crippen LogP contribution in [0.15, 0.2) is 24.5 Å². The van der Waals surface area contributed by atoms with Gasteiger partial charge in [-0.05, 0) is 38.3 Å². The van der Waals surface area contributed by atoms with Gasteiger partial charge >= 0.3 is 0 Å². The smallest absolute Gasteiger partial charge is 0.0339 e. The molecule has 3 heteroatoms. The van der Waals surface area contributed by atoms with Crippen molar-refractivity contribution in [3.05, 3.63) is 30.1 Å². The molecule has 19 heavy (non-hydrogen) atoms. The van der Waals surface area contributed by atoms with Crippen LogP contribution in [-0.2, 0) is 0 Å². The molecule has 1 aromatic heterocycles. The molecule has 0 aliphatic carbocycles. The van der Waals surface area contributed by atoms with Gasteiger partial charge in [-0.2, -0.15) is 0 Å². The topological polar surface area (TPSA) is 28.2 Å². The van der Waals surface area contributed by atoms with E-state index in [1.165, 1.54) is 18.4 Å². The van der Waals surface area contributed by atoms with E-state index in [0.717, 1.165) is 13.1 Å². The SMILES string of the molecule is CCC1(CC)CN(C(C)c2cccnc2)C(C)CN1. The van der Waals surface area contributed by atoms with Crippen molar-refractivity contribution in [3.8, 4) is 0 Å².